The van der Waals surface area contributed by atoms with Crippen molar-refractivity contribution >= 4 is 17.9 Å². The highest BCUT2D eigenvalue weighted by Gasteiger charge is 2.21. The van der Waals surface area contributed by atoms with Crippen LogP contribution in [-0.4, -0.2) is 87.3 Å². The number of hydrogen-bond donors (Lipinski definition) is 0. The number of likely N-dealkylation sites (N-methyl/N-ethyl adjacent to an activating group) is 1. The number of nitrogens with zero attached hydrogens (tertiary/aromatic N) is 2. The Kier molecular flexibility index (Phi) is 27.7. The van der Waals surface area contributed by atoms with E-state index in [1.165, 1.54) is 44.9 Å². The van der Waals surface area contributed by atoms with Crippen molar-refractivity contribution in [2.45, 2.75) is 162 Å². The minimum atomic E-state index is -0.430. The Hall–Kier alpha value is -1.67. The van der Waals surface area contributed by atoms with Crippen LogP contribution in [0.1, 0.15) is 150 Å². The third-order valence-corrected chi connectivity index (χ3v) is 8.35. The summed E-state index contributed by atoms with van der Waals surface area (Å²) in [5, 5.41) is 0. The molecule has 8 heteroatoms. The number of unbranched alkanes of at least 4 members (excludes halogenated alkanes) is 6. The smallest absolute Gasteiger partial charge is 0.306 e. The number of esters is 3. The highest BCUT2D eigenvalue weighted by molar-refractivity contribution is 5.77. The van der Waals surface area contributed by atoms with Crippen LogP contribution < -0.4 is 0 Å². The molecule has 0 aliphatic carbocycles. The predicted octanol–water partition coefficient (Wildman–Crippen LogP) is 7.95. The monoisotopic (exact) mass is 627 g/mol. The van der Waals surface area contributed by atoms with Crippen molar-refractivity contribution in [3.63, 3.8) is 0 Å². The van der Waals surface area contributed by atoms with E-state index in [1.54, 1.807) is 0 Å². The molecular weight excluding hydrogens is 556 g/mol. The van der Waals surface area contributed by atoms with Crippen molar-refractivity contribution in [2.75, 3.05) is 47.4 Å². The summed E-state index contributed by atoms with van der Waals surface area (Å²) in [6.07, 6.45) is 17.9. The molecule has 260 valence electrons. The Morgan fingerprint density at radius 2 is 1.11 bits per heavy atom. The summed E-state index contributed by atoms with van der Waals surface area (Å²) < 4.78 is 17.0. The van der Waals surface area contributed by atoms with E-state index in [9.17, 15) is 14.4 Å². The normalized spacial score (nSPS) is 13.6. The van der Waals surface area contributed by atoms with Crippen LogP contribution in [0, 0.1) is 5.92 Å². The lowest BCUT2D eigenvalue weighted by atomic mass is 9.92. The summed E-state index contributed by atoms with van der Waals surface area (Å²) in [6.45, 7) is 10.7. The maximum Gasteiger partial charge on any atom is 0.306 e. The zero-order valence-corrected chi connectivity index (χ0v) is 29.8. The van der Waals surface area contributed by atoms with Gasteiger partial charge in [0.25, 0.3) is 0 Å². The zero-order valence-electron chi connectivity index (χ0n) is 29.8. The van der Waals surface area contributed by atoms with Gasteiger partial charge in [0.1, 0.15) is 19.3 Å². The largest absolute Gasteiger partial charge is 0.464 e. The molecule has 0 aliphatic heterocycles. The first-order chi connectivity index (χ1) is 21.2. The van der Waals surface area contributed by atoms with Crippen LogP contribution in [0.2, 0.25) is 0 Å². The highest BCUT2D eigenvalue weighted by atomic mass is 16.6. The Morgan fingerprint density at radius 1 is 0.545 bits per heavy atom. The van der Waals surface area contributed by atoms with Gasteiger partial charge in [-0.15, -0.1) is 0 Å². The maximum absolute atomic E-state index is 12.7. The van der Waals surface area contributed by atoms with Gasteiger partial charge in [-0.05, 0) is 72.3 Å². The van der Waals surface area contributed by atoms with E-state index in [1.807, 2.05) is 21.1 Å². The standard InChI is InChI=1S/C36H70N2O6/c1-8-12-14-16-21-31(19-10-3)23-24-34(39)42-29-32(38(7)28-18-27-37(5)6)30-43-35(40)25-26-36(41)44-33(20-11-4)22-17-15-13-9-2/h31-33H,8-30H2,1-7H3. The van der Waals surface area contributed by atoms with Crippen LogP contribution in [0.3, 0.4) is 0 Å². The lowest BCUT2D eigenvalue weighted by molar-refractivity contribution is -0.156. The van der Waals surface area contributed by atoms with Crippen molar-refractivity contribution in [1.29, 1.82) is 0 Å². The van der Waals surface area contributed by atoms with E-state index >= 15 is 0 Å². The predicted molar refractivity (Wildman–Crippen MR) is 181 cm³/mol. The molecule has 3 unspecified atom stereocenters. The van der Waals surface area contributed by atoms with Crippen molar-refractivity contribution in [3.05, 3.63) is 0 Å². The van der Waals surface area contributed by atoms with E-state index in [0.717, 1.165) is 70.9 Å². The van der Waals surface area contributed by atoms with Crippen molar-refractivity contribution in [3.8, 4) is 0 Å². The molecule has 0 aromatic rings. The van der Waals surface area contributed by atoms with Gasteiger partial charge in [-0.1, -0.05) is 98.3 Å². The molecule has 8 nitrogen and oxygen atoms in total. The maximum atomic E-state index is 12.7. The van der Waals surface area contributed by atoms with E-state index < -0.39 is 5.97 Å². The summed E-state index contributed by atoms with van der Waals surface area (Å²) in [5.41, 5.74) is 0. The molecule has 0 bridgehead atoms. The van der Waals surface area contributed by atoms with Crippen LogP contribution >= 0.6 is 0 Å². The molecule has 3 atom stereocenters. The molecule has 0 amide bonds. The van der Waals surface area contributed by atoms with Gasteiger partial charge in [0.2, 0.25) is 0 Å². The fraction of sp³-hybridized carbons (Fsp3) is 0.917. The van der Waals surface area contributed by atoms with Gasteiger partial charge < -0.3 is 19.1 Å². The van der Waals surface area contributed by atoms with Crippen LogP contribution in [-0.2, 0) is 28.6 Å². The number of carbonyl (C=O) groups is 3. The van der Waals surface area contributed by atoms with Gasteiger partial charge in [-0.25, -0.2) is 0 Å². The van der Waals surface area contributed by atoms with Gasteiger partial charge in [-0.2, -0.15) is 0 Å². The average Bonchev–Trinajstić information content (AvgIpc) is 2.98. The Morgan fingerprint density at radius 3 is 1.68 bits per heavy atom. The summed E-state index contributed by atoms with van der Waals surface area (Å²) in [7, 11) is 6.05. The van der Waals surface area contributed by atoms with Gasteiger partial charge >= 0.3 is 17.9 Å². The minimum Gasteiger partial charge on any atom is -0.464 e. The molecular formula is C36H70N2O6. The molecule has 0 spiro atoms. The molecule has 44 heavy (non-hydrogen) atoms. The second-order valence-electron chi connectivity index (χ2n) is 12.9. The van der Waals surface area contributed by atoms with Gasteiger partial charge in [-0.3, -0.25) is 19.3 Å². The first-order valence-electron chi connectivity index (χ1n) is 18.0. The zero-order chi connectivity index (χ0) is 33.0. The fourth-order valence-corrected chi connectivity index (χ4v) is 5.50. The van der Waals surface area contributed by atoms with Gasteiger partial charge in [0.05, 0.1) is 18.9 Å². The van der Waals surface area contributed by atoms with Crippen molar-refractivity contribution in [2.24, 2.45) is 5.92 Å². The van der Waals surface area contributed by atoms with Crippen molar-refractivity contribution in [1.82, 2.24) is 9.80 Å². The Labute approximate surface area is 271 Å². The van der Waals surface area contributed by atoms with E-state index in [0.29, 0.717) is 12.3 Å². The number of carbonyl (C=O) groups excluding carboxylic acids is 3. The summed E-state index contributed by atoms with van der Waals surface area (Å²) in [6, 6.07) is -0.241. The molecule has 0 aromatic heterocycles. The summed E-state index contributed by atoms with van der Waals surface area (Å²) >= 11 is 0. The molecule has 0 saturated carbocycles. The molecule has 0 radical (unpaired) electrons. The molecule has 0 aromatic carbocycles. The topological polar surface area (TPSA) is 85.4 Å². The highest BCUT2D eigenvalue weighted by Crippen LogP contribution is 2.22. The van der Waals surface area contributed by atoms with E-state index in [4.69, 9.17) is 14.2 Å². The lowest BCUT2D eigenvalue weighted by Gasteiger charge is -2.28. The number of ether oxygens (including phenoxy) is 3. The van der Waals surface area contributed by atoms with Crippen molar-refractivity contribution < 1.29 is 28.6 Å². The quantitative estimate of drug-likeness (QED) is 0.0451. The molecule has 0 saturated heterocycles. The molecule has 0 aliphatic rings. The molecule has 0 rings (SSSR count). The average molecular weight is 627 g/mol. The minimum absolute atomic E-state index is 0.0125. The molecule has 0 heterocycles. The SMILES string of the molecule is CCCCCCC(CCC)CCC(=O)OCC(COC(=O)CCC(=O)OC(CCC)CCCCCC)N(C)CCCN(C)C. The first-order valence-corrected chi connectivity index (χ1v) is 18.0. The Balaban J connectivity index is 4.81. The summed E-state index contributed by atoms with van der Waals surface area (Å²) in [4.78, 5) is 42.0. The fourth-order valence-electron chi connectivity index (χ4n) is 5.50. The van der Waals surface area contributed by atoms with Gasteiger partial charge in [0.15, 0.2) is 0 Å². The van der Waals surface area contributed by atoms with Crippen LogP contribution in [0.5, 0.6) is 0 Å². The number of rotatable bonds is 30. The Bertz CT molecular complexity index is 717. The molecule has 0 N–H and O–H groups in total. The lowest BCUT2D eigenvalue weighted by Crippen LogP contribution is -2.41. The third-order valence-electron chi connectivity index (χ3n) is 8.35. The molecule has 0 fully saturated rings. The van der Waals surface area contributed by atoms with Crippen LogP contribution in [0.25, 0.3) is 0 Å². The number of hydrogen-bond acceptors (Lipinski definition) is 8. The van der Waals surface area contributed by atoms with Gasteiger partial charge in [0, 0.05) is 6.42 Å². The third kappa shape index (κ3) is 24.6. The first kappa shape index (κ1) is 42.3. The van der Waals surface area contributed by atoms with E-state index in [2.05, 4.69) is 37.5 Å². The second kappa shape index (κ2) is 28.8. The van der Waals surface area contributed by atoms with Crippen LogP contribution in [0.4, 0.5) is 0 Å². The second-order valence-corrected chi connectivity index (χ2v) is 12.9. The van der Waals surface area contributed by atoms with E-state index in [-0.39, 0.29) is 50.1 Å². The summed E-state index contributed by atoms with van der Waals surface area (Å²) in [5.74, 6) is -0.383. The van der Waals surface area contributed by atoms with Crippen LogP contribution in [0.15, 0.2) is 0 Å².